The first kappa shape index (κ1) is 14.0. The van der Waals surface area contributed by atoms with Crippen LogP contribution in [0.25, 0.3) is 0 Å². The Morgan fingerprint density at radius 3 is 2.91 bits per heavy atom. The molecule has 6 heteroatoms. The van der Waals surface area contributed by atoms with Crippen LogP contribution in [-0.4, -0.2) is 41.6 Å². The molecule has 1 spiro atoms. The Kier molecular flexibility index (Phi) is 3.18. The number of ether oxygens (including phenoxy) is 2. The van der Waals surface area contributed by atoms with Gasteiger partial charge >= 0.3 is 0 Å². The number of hydrogen-bond donors (Lipinski definition) is 0. The van der Waals surface area contributed by atoms with Crippen molar-refractivity contribution in [3.8, 4) is 11.5 Å². The quantitative estimate of drug-likeness (QED) is 0.846. The lowest BCUT2D eigenvalue weighted by Gasteiger charge is -2.34. The van der Waals surface area contributed by atoms with Gasteiger partial charge in [-0.15, -0.1) is 0 Å². The van der Waals surface area contributed by atoms with E-state index in [-0.39, 0.29) is 5.78 Å². The fourth-order valence-electron chi connectivity index (χ4n) is 3.30. The fourth-order valence-corrected chi connectivity index (χ4v) is 3.30. The van der Waals surface area contributed by atoms with Crippen LogP contribution in [0.15, 0.2) is 36.7 Å². The largest absolute Gasteiger partial charge is 0.497 e. The van der Waals surface area contributed by atoms with Gasteiger partial charge < -0.3 is 14.4 Å². The minimum absolute atomic E-state index is 0.0981. The Morgan fingerprint density at radius 1 is 1.30 bits per heavy atom. The number of carbonyl (C=O) groups is 1. The highest BCUT2D eigenvalue weighted by atomic mass is 16.5. The number of methoxy groups -OCH3 is 1. The summed E-state index contributed by atoms with van der Waals surface area (Å²) in [5.41, 5.74) is 0.113. The van der Waals surface area contributed by atoms with Gasteiger partial charge in [-0.2, -0.15) is 0 Å². The van der Waals surface area contributed by atoms with Crippen LogP contribution in [-0.2, 0) is 0 Å². The van der Waals surface area contributed by atoms with Gasteiger partial charge in [0, 0.05) is 25.4 Å². The Labute approximate surface area is 134 Å². The average molecular weight is 311 g/mol. The van der Waals surface area contributed by atoms with Gasteiger partial charge in [-0.05, 0) is 24.3 Å². The molecule has 0 saturated carbocycles. The third-order valence-corrected chi connectivity index (χ3v) is 4.45. The molecule has 23 heavy (non-hydrogen) atoms. The maximum absolute atomic E-state index is 12.6. The third-order valence-electron chi connectivity index (χ3n) is 4.45. The van der Waals surface area contributed by atoms with Crippen LogP contribution in [0.5, 0.6) is 11.5 Å². The molecule has 1 aromatic carbocycles. The number of Topliss-reactive ketones (excluding diaryl/α,β-unsaturated/α-hetero) is 1. The van der Waals surface area contributed by atoms with E-state index in [0.29, 0.717) is 36.0 Å². The van der Waals surface area contributed by atoms with Crippen LogP contribution in [0.4, 0.5) is 5.95 Å². The van der Waals surface area contributed by atoms with Crippen LogP contribution in [0.1, 0.15) is 23.2 Å². The number of anilines is 1. The minimum Gasteiger partial charge on any atom is -0.497 e. The zero-order valence-corrected chi connectivity index (χ0v) is 12.9. The monoisotopic (exact) mass is 311 g/mol. The first-order valence-electron chi connectivity index (χ1n) is 7.61. The van der Waals surface area contributed by atoms with Crippen molar-refractivity contribution in [3.63, 3.8) is 0 Å². The van der Waals surface area contributed by atoms with Gasteiger partial charge in [0.25, 0.3) is 0 Å². The smallest absolute Gasteiger partial charge is 0.225 e. The standard InChI is InChI=1S/C17H17N3O3/c1-22-12-3-4-15-13(9-12)14(21)10-17(23-15)5-8-20(11-17)16-18-6-2-7-19-16/h2-4,6-7,9H,5,8,10-11H2,1H3. The van der Waals surface area contributed by atoms with Crippen LogP contribution in [0.2, 0.25) is 0 Å². The fraction of sp³-hybridized carbons (Fsp3) is 0.353. The molecule has 1 unspecified atom stereocenters. The van der Waals surface area contributed by atoms with Gasteiger partial charge in [0.15, 0.2) is 5.78 Å². The predicted molar refractivity (Wildman–Crippen MR) is 84.2 cm³/mol. The molecule has 2 aliphatic rings. The van der Waals surface area contributed by atoms with Gasteiger partial charge in [-0.25, -0.2) is 9.97 Å². The van der Waals surface area contributed by atoms with Crippen molar-refractivity contribution in [2.24, 2.45) is 0 Å². The number of nitrogens with zero attached hydrogens (tertiary/aromatic N) is 3. The van der Waals surface area contributed by atoms with Gasteiger partial charge in [0.1, 0.15) is 17.1 Å². The van der Waals surface area contributed by atoms with Crippen molar-refractivity contribution in [2.45, 2.75) is 18.4 Å². The number of carbonyl (C=O) groups excluding carboxylic acids is 1. The zero-order chi connectivity index (χ0) is 15.9. The van der Waals surface area contributed by atoms with Crippen molar-refractivity contribution in [2.75, 3.05) is 25.1 Å². The van der Waals surface area contributed by atoms with E-state index < -0.39 is 5.60 Å². The lowest BCUT2D eigenvalue weighted by molar-refractivity contribution is 0.0537. The van der Waals surface area contributed by atoms with E-state index in [4.69, 9.17) is 9.47 Å². The summed E-state index contributed by atoms with van der Waals surface area (Å²) in [4.78, 5) is 23.2. The number of benzene rings is 1. The number of fused-ring (bicyclic) bond motifs is 1. The molecular weight excluding hydrogens is 294 g/mol. The first-order chi connectivity index (χ1) is 11.2. The summed E-state index contributed by atoms with van der Waals surface area (Å²) in [6.45, 7) is 1.40. The second-order valence-corrected chi connectivity index (χ2v) is 5.97. The summed E-state index contributed by atoms with van der Waals surface area (Å²) in [6, 6.07) is 7.17. The lowest BCUT2D eigenvalue weighted by atomic mass is 9.89. The van der Waals surface area contributed by atoms with E-state index in [9.17, 15) is 4.79 Å². The van der Waals surface area contributed by atoms with Gasteiger partial charge in [0.2, 0.25) is 5.95 Å². The van der Waals surface area contributed by atoms with E-state index in [1.807, 2.05) is 12.1 Å². The highest BCUT2D eigenvalue weighted by Crippen LogP contribution is 2.40. The minimum atomic E-state index is -0.488. The summed E-state index contributed by atoms with van der Waals surface area (Å²) in [5.74, 6) is 2.09. The van der Waals surface area contributed by atoms with Crippen LogP contribution in [0, 0.1) is 0 Å². The molecule has 2 aromatic rings. The van der Waals surface area contributed by atoms with Gasteiger partial charge in [-0.3, -0.25) is 4.79 Å². The van der Waals surface area contributed by atoms with Crippen LogP contribution < -0.4 is 14.4 Å². The molecule has 118 valence electrons. The SMILES string of the molecule is COc1ccc2c(c1)C(=O)CC1(CCN(c3ncccn3)C1)O2. The normalized spacial score (nSPS) is 22.8. The summed E-state index contributed by atoms with van der Waals surface area (Å²) in [7, 11) is 1.59. The molecule has 6 nitrogen and oxygen atoms in total. The van der Waals surface area contributed by atoms with E-state index in [1.54, 1.807) is 31.6 Å². The Morgan fingerprint density at radius 2 is 2.13 bits per heavy atom. The van der Waals surface area contributed by atoms with Crippen molar-refractivity contribution >= 4 is 11.7 Å². The molecule has 3 heterocycles. The van der Waals surface area contributed by atoms with E-state index in [1.165, 1.54) is 0 Å². The summed E-state index contributed by atoms with van der Waals surface area (Å²) < 4.78 is 11.4. The topological polar surface area (TPSA) is 64.5 Å². The molecule has 0 N–H and O–H groups in total. The van der Waals surface area contributed by atoms with Crippen LogP contribution in [0.3, 0.4) is 0 Å². The highest BCUT2D eigenvalue weighted by molar-refractivity contribution is 6.00. The Bertz CT molecular complexity index is 750. The molecule has 1 atom stereocenters. The average Bonchev–Trinajstić information content (AvgIpc) is 2.98. The lowest BCUT2D eigenvalue weighted by Crippen LogP contribution is -2.44. The number of aromatic nitrogens is 2. The zero-order valence-electron chi connectivity index (χ0n) is 12.9. The molecule has 4 rings (SSSR count). The molecule has 2 aliphatic heterocycles. The maximum atomic E-state index is 12.6. The van der Waals surface area contributed by atoms with E-state index in [2.05, 4.69) is 14.9 Å². The van der Waals surface area contributed by atoms with Crippen molar-refractivity contribution in [1.29, 1.82) is 0 Å². The second-order valence-electron chi connectivity index (χ2n) is 5.97. The van der Waals surface area contributed by atoms with E-state index >= 15 is 0 Å². The Hall–Kier alpha value is -2.63. The summed E-state index contributed by atoms with van der Waals surface area (Å²) >= 11 is 0. The summed E-state index contributed by atoms with van der Waals surface area (Å²) in [5, 5.41) is 0. The molecule has 0 amide bonds. The van der Waals surface area contributed by atoms with Crippen LogP contribution >= 0.6 is 0 Å². The molecule has 1 saturated heterocycles. The molecule has 0 aliphatic carbocycles. The van der Waals surface area contributed by atoms with Gasteiger partial charge in [0.05, 0.1) is 25.6 Å². The van der Waals surface area contributed by atoms with E-state index in [0.717, 1.165) is 13.0 Å². The van der Waals surface area contributed by atoms with Gasteiger partial charge in [-0.1, -0.05) is 0 Å². The maximum Gasteiger partial charge on any atom is 0.225 e. The first-order valence-corrected chi connectivity index (χ1v) is 7.61. The second kappa shape index (κ2) is 5.22. The molecule has 1 aromatic heterocycles. The predicted octanol–water partition coefficient (Wildman–Crippen LogP) is 2.10. The molecule has 1 fully saturated rings. The van der Waals surface area contributed by atoms with Crippen molar-refractivity contribution in [1.82, 2.24) is 9.97 Å². The van der Waals surface area contributed by atoms with Crippen molar-refractivity contribution < 1.29 is 14.3 Å². The highest BCUT2D eigenvalue weighted by Gasteiger charge is 2.46. The number of hydrogen-bond acceptors (Lipinski definition) is 6. The molecular formula is C17H17N3O3. The Balaban J connectivity index is 1.61. The number of ketones is 1. The van der Waals surface area contributed by atoms with Crippen molar-refractivity contribution in [3.05, 3.63) is 42.2 Å². The third kappa shape index (κ3) is 2.40. The summed E-state index contributed by atoms with van der Waals surface area (Å²) in [6.07, 6.45) is 4.60. The molecule has 0 bridgehead atoms. The molecule has 0 radical (unpaired) electrons. The number of rotatable bonds is 2.